The van der Waals surface area contributed by atoms with E-state index in [2.05, 4.69) is 0 Å². The van der Waals surface area contributed by atoms with Gasteiger partial charge in [0.05, 0.1) is 6.42 Å². The van der Waals surface area contributed by atoms with Crippen molar-refractivity contribution in [3.63, 3.8) is 0 Å². The molecule has 5 heteroatoms. The van der Waals surface area contributed by atoms with E-state index in [0.717, 1.165) is 25.9 Å². The topological polar surface area (TPSA) is 66.8 Å². The minimum absolute atomic E-state index is 0.00696. The fraction of sp³-hybridized carbons (Fsp3) is 0.500. The summed E-state index contributed by atoms with van der Waals surface area (Å²) in [5.74, 6) is -0.251. The van der Waals surface area contributed by atoms with Gasteiger partial charge in [-0.15, -0.1) is 0 Å². The molecule has 0 bridgehead atoms. The van der Waals surface area contributed by atoms with Crippen molar-refractivity contribution in [2.75, 3.05) is 19.7 Å². The Hall–Kier alpha value is -2.04. The molecular formula is C16H21NO4. The Labute approximate surface area is 124 Å². The van der Waals surface area contributed by atoms with Crippen LogP contribution in [0.5, 0.6) is 5.75 Å². The van der Waals surface area contributed by atoms with Crippen molar-refractivity contribution in [2.45, 2.75) is 32.1 Å². The van der Waals surface area contributed by atoms with Gasteiger partial charge in [-0.1, -0.05) is 25.0 Å². The van der Waals surface area contributed by atoms with E-state index in [1.165, 1.54) is 12.8 Å². The molecule has 1 aromatic rings. The maximum absolute atomic E-state index is 12.1. The predicted octanol–water partition coefficient (Wildman–Crippen LogP) is 2.10. The Morgan fingerprint density at radius 2 is 1.67 bits per heavy atom. The molecule has 0 aromatic heterocycles. The first kappa shape index (κ1) is 15.4. The number of carbonyl (C=O) groups is 2. The maximum Gasteiger partial charge on any atom is 0.307 e. The summed E-state index contributed by atoms with van der Waals surface area (Å²) in [4.78, 5) is 24.5. The number of ether oxygens (including phenoxy) is 1. The first-order valence-corrected chi connectivity index (χ1v) is 7.36. The summed E-state index contributed by atoms with van der Waals surface area (Å²) in [6.45, 7) is 1.68. The van der Waals surface area contributed by atoms with Gasteiger partial charge in [-0.3, -0.25) is 9.59 Å². The molecule has 0 aliphatic carbocycles. The lowest BCUT2D eigenvalue weighted by Gasteiger charge is -2.20. The summed E-state index contributed by atoms with van der Waals surface area (Å²) in [6, 6.07) is 6.82. The van der Waals surface area contributed by atoms with Gasteiger partial charge in [-0.05, 0) is 30.5 Å². The van der Waals surface area contributed by atoms with E-state index in [0.29, 0.717) is 11.3 Å². The van der Waals surface area contributed by atoms with Crippen molar-refractivity contribution in [1.82, 2.24) is 4.90 Å². The Bertz CT molecular complexity index is 476. The highest BCUT2D eigenvalue weighted by Gasteiger charge is 2.15. The SMILES string of the molecule is O=C(O)Cc1ccc(OCC(=O)N2CCCCCC2)cc1. The lowest BCUT2D eigenvalue weighted by Crippen LogP contribution is -2.35. The average Bonchev–Trinajstić information content (AvgIpc) is 2.75. The third-order valence-corrected chi connectivity index (χ3v) is 3.60. The second-order valence-corrected chi connectivity index (χ2v) is 5.30. The molecule has 1 fully saturated rings. The number of nitrogens with zero attached hydrogens (tertiary/aromatic N) is 1. The highest BCUT2D eigenvalue weighted by Crippen LogP contribution is 2.14. The first-order valence-electron chi connectivity index (χ1n) is 7.36. The van der Waals surface area contributed by atoms with E-state index >= 15 is 0 Å². The molecule has 2 rings (SSSR count). The van der Waals surface area contributed by atoms with Crippen LogP contribution in [0.2, 0.25) is 0 Å². The number of rotatable bonds is 5. The van der Waals surface area contributed by atoms with Crippen molar-refractivity contribution >= 4 is 11.9 Å². The van der Waals surface area contributed by atoms with Crippen LogP contribution in [0.3, 0.4) is 0 Å². The highest BCUT2D eigenvalue weighted by atomic mass is 16.5. The molecule has 0 spiro atoms. The number of benzene rings is 1. The number of likely N-dealkylation sites (tertiary alicyclic amines) is 1. The molecular weight excluding hydrogens is 270 g/mol. The molecule has 21 heavy (non-hydrogen) atoms. The Kier molecular flexibility index (Phi) is 5.60. The van der Waals surface area contributed by atoms with E-state index in [1.54, 1.807) is 24.3 Å². The minimum Gasteiger partial charge on any atom is -0.484 e. The van der Waals surface area contributed by atoms with E-state index in [9.17, 15) is 9.59 Å². The van der Waals surface area contributed by atoms with Crippen LogP contribution in [0.25, 0.3) is 0 Å². The van der Waals surface area contributed by atoms with Gasteiger partial charge in [0.15, 0.2) is 6.61 Å². The lowest BCUT2D eigenvalue weighted by atomic mass is 10.1. The summed E-state index contributed by atoms with van der Waals surface area (Å²) < 4.78 is 5.48. The van der Waals surface area contributed by atoms with Crippen molar-refractivity contribution in [2.24, 2.45) is 0 Å². The Balaban J connectivity index is 1.81. The largest absolute Gasteiger partial charge is 0.484 e. The maximum atomic E-state index is 12.1. The zero-order valence-electron chi connectivity index (χ0n) is 12.1. The number of carboxylic acid groups (broad SMARTS) is 1. The molecule has 0 unspecified atom stereocenters. The van der Waals surface area contributed by atoms with Crippen LogP contribution in [0.15, 0.2) is 24.3 Å². The highest BCUT2D eigenvalue weighted by molar-refractivity contribution is 5.77. The van der Waals surface area contributed by atoms with Gasteiger partial charge in [0.1, 0.15) is 5.75 Å². The van der Waals surface area contributed by atoms with Gasteiger partial charge in [-0.2, -0.15) is 0 Å². The fourth-order valence-corrected chi connectivity index (χ4v) is 2.43. The van der Waals surface area contributed by atoms with Gasteiger partial charge in [0.2, 0.25) is 0 Å². The average molecular weight is 291 g/mol. The van der Waals surface area contributed by atoms with Crippen molar-refractivity contribution < 1.29 is 19.4 Å². The van der Waals surface area contributed by atoms with Gasteiger partial charge in [0.25, 0.3) is 5.91 Å². The smallest absolute Gasteiger partial charge is 0.307 e. The fourth-order valence-electron chi connectivity index (χ4n) is 2.43. The molecule has 114 valence electrons. The van der Waals surface area contributed by atoms with Crippen LogP contribution in [0.1, 0.15) is 31.2 Å². The van der Waals surface area contributed by atoms with Crippen molar-refractivity contribution in [3.8, 4) is 5.75 Å². The van der Waals surface area contributed by atoms with Gasteiger partial charge >= 0.3 is 5.97 Å². The summed E-state index contributed by atoms with van der Waals surface area (Å²) in [6.07, 6.45) is 4.50. The Morgan fingerprint density at radius 1 is 1.05 bits per heavy atom. The van der Waals surface area contributed by atoms with E-state index in [1.807, 2.05) is 4.90 Å². The second kappa shape index (κ2) is 7.67. The minimum atomic E-state index is -0.861. The number of hydrogen-bond donors (Lipinski definition) is 1. The summed E-state index contributed by atoms with van der Waals surface area (Å²) in [7, 11) is 0. The molecule has 0 radical (unpaired) electrons. The molecule has 1 aliphatic rings. The third-order valence-electron chi connectivity index (χ3n) is 3.60. The molecule has 1 N–H and O–H groups in total. The summed E-state index contributed by atoms with van der Waals surface area (Å²) in [5.41, 5.74) is 0.716. The van der Waals surface area contributed by atoms with Crippen molar-refractivity contribution in [3.05, 3.63) is 29.8 Å². The van der Waals surface area contributed by atoms with E-state index in [4.69, 9.17) is 9.84 Å². The standard InChI is InChI=1S/C16H21NO4/c18-15(17-9-3-1-2-4-10-17)12-21-14-7-5-13(6-8-14)11-16(19)20/h5-8H,1-4,9-12H2,(H,19,20). The molecule has 0 atom stereocenters. The van der Waals surface area contributed by atoms with E-state index in [-0.39, 0.29) is 18.9 Å². The molecule has 1 heterocycles. The first-order chi connectivity index (χ1) is 10.1. The Morgan fingerprint density at radius 3 is 2.24 bits per heavy atom. The number of hydrogen-bond acceptors (Lipinski definition) is 3. The zero-order valence-corrected chi connectivity index (χ0v) is 12.1. The number of carbonyl (C=O) groups excluding carboxylic acids is 1. The number of aliphatic carboxylic acids is 1. The molecule has 1 amide bonds. The van der Waals surface area contributed by atoms with Crippen LogP contribution >= 0.6 is 0 Å². The van der Waals surface area contributed by atoms with Gasteiger partial charge < -0.3 is 14.7 Å². The summed E-state index contributed by atoms with van der Waals surface area (Å²) >= 11 is 0. The molecule has 0 saturated carbocycles. The van der Waals surface area contributed by atoms with Crippen LogP contribution in [0.4, 0.5) is 0 Å². The molecule has 5 nitrogen and oxygen atoms in total. The second-order valence-electron chi connectivity index (χ2n) is 5.30. The van der Waals surface area contributed by atoms with Crippen molar-refractivity contribution in [1.29, 1.82) is 0 Å². The van der Waals surface area contributed by atoms with Crippen LogP contribution < -0.4 is 4.74 Å². The third kappa shape index (κ3) is 5.10. The molecule has 1 aromatic carbocycles. The van der Waals surface area contributed by atoms with E-state index < -0.39 is 5.97 Å². The van der Waals surface area contributed by atoms with Crippen LogP contribution in [-0.2, 0) is 16.0 Å². The molecule has 1 saturated heterocycles. The van der Waals surface area contributed by atoms with Gasteiger partial charge in [0, 0.05) is 13.1 Å². The lowest BCUT2D eigenvalue weighted by molar-refractivity contribution is -0.136. The molecule has 1 aliphatic heterocycles. The number of carboxylic acids is 1. The monoisotopic (exact) mass is 291 g/mol. The predicted molar refractivity (Wildman–Crippen MR) is 78.3 cm³/mol. The van der Waals surface area contributed by atoms with Gasteiger partial charge in [-0.25, -0.2) is 0 Å². The quantitative estimate of drug-likeness (QED) is 0.902. The normalized spacial score (nSPS) is 15.3. The van der Waals surface area contributed by atoms with Crippen LogP contribution in [0, 0.1) is 0 Å². The number of amides is 1. The van der Waals surface area contributed by atoms with Crippen LogP contribution in [-0.4, -0.2) is 41.6 Å². The summed E-state index contributed by atoms with van der Waals surface area (Å²) in [5, 5.41) is 8.70. The zero-order chi connectivity index (χ0) is 15.1.